The van der Waals surface area contributed by atoms with E-state index in [1.807, 2.05) is 48.5 Å². The number of benzene rings is 2. The van der Waals surface area contributed by atoms with Gasteiger partial charge in [-0.1, -0.05) is 42.5 Å². The van der Waals surface area contributed by atoms with Crippen molar-refractivity contribution in [3.63, 3.8) is 0 Å². The lowest BCUT2D eigenvalue weighted by Gasteiger charge is -2.13. The monoisotopic (exact) mass is 313 g/mol. The average Bonchev–Trinajstić information content (AvgIpc) is 2.56. The van der Waals surface area contributed by atoms with Crippen LogP contribution in [0.5, 0.6) is 5.75 Å². The van der Waals surface area contributed by atoms with E-state index in [0.717, 1.165) is 28.9 Å². The topological polar surface area (TPSA) is 61.5 Å². The summed E-state index contributed by atoms with van der Waals surface area (Å²) in [5.74, 6) is 0.601. The molecule has 0 aromatic heterocycles. The van der Waals surface area contributed by atoms with Crippen LogP contribution in [0.1, 0.15) is 36.1 Å². The molecule has 0 spiro atoms. The van der Waals surface area contributed by atoms with Crippen molar-refractivity contribution in [2.24, 2.45) is 5.73 Å². The van der Waals surface area contributed by atoms with Gasteiger partial charge >= 0.3 is 5.97 Å². The van der Waals surface area contributed by atoms with Gasteiger partial charge in [-0.05, 0) is 29.7 Å². The van der Waals surface area contributed by atoms with Crippen molar-refractivity contribution in [3.05, 3.63) is 65.2 Å². The van der Waals surface area contributed by atoms with E-state index in [-0.39, 0.29) is 18.4 Å². The summed E-state index contributed by atoms with van der Waals surface area (Å²) >= 11 is 0. The Balaban J connectivity index is 2.12. The number of hydrogen-bond acceptors (Lipinski definition) is 4. The molecule has 0 aliphatic heterocycles. The maximum absolute atomic E-state index is 11.6. The lowest BCUT2D eigenvalue weighted by Crippen LogP contribution is -2.17. The van der Waals surface area contributed by atoms with Crippen molar-refractivity contribution in [2.75, 3.05) is 13.7 Å². The fraction of sp³-hybridized carbons (Fsp3) is 0.316. The summed E-state index contributed by atoms with van der Waals surface area (Å²) in [4.78, 5) is 11.6. The van der Waals surface area contributed by atoms with Crippen LogP contribution in [0.2, 0.25) is 0 Å². The number of carbonyl (C=O) groups is 1. The van der Waals surface area contributed by atoms with Crippen molar-refractivity contribution in [2.45, 2.75) is 25.8 Å². The predicted octanol–water partition coefficient (Wildman–Crippen LogP) is 3.24. The minimum Gasteiger partial charge on any atom is -0.496 e. The fourth-order valence-corrected chi connectivity index (χ4v) is 2.52. The predicted molar refractivity (Wildman–Crippen MR) is 90.4 cm³/mol. The van der Waals surface area contributed by atoms with E-state index in [1.165, 1.54) is 0 Å². The van der Waals surface area contributed by atoms with Crippen LogP contribution in [0.25, 0.3) is 0 Å². The number of rotatable bonds is 7. The second kappa shape index (κ2) is 8.34. The average molecular weight is 313 g/mol. The summed E-state index contributed by atoms with van der Waals surface area (Å²) < 4.78 is 10.3. The lowest BCUT2D eigenvalue weighted by molar-refractivity contribution is -0.143. The van der Waals surface area contributed by atoms with Crippen LogP contribution in [0.15, 0.2) is 48.5 Å². The van der Waals surface area contributed by atoms with Crippen LogP contribution in [-0.4, -0.2) is 19.7 Å². The molecule has 0 aliphatic carbocycles. The number of ether oxygens (including phenoxy) is 2. The molecule has 122 valence electrons. The van der Waals surface area contributed by atoms with E-state index < -0.39 is 0 Å². The second-order valence-corrected chi connectivity index (χ2v) is 5.35. The van der Waals surface area contributed by atoms with Crippen LogP contribution in [0.3, 0.4) is 0 Å². The highest BCUT2D eigenvalue weighted by Crippen LogP contribution is 2.23. The third-order valence-electron chi connectivity index (χ3n) is 3.66. The summed E-state index contributed by atoms with van der Waals surface area (Å²) in [7, 11) is 1.67. The van der Waals surface area contributed by atoms with Gasteiger partial charge in [0.15, 0.2) is 0 Å². The first-order valence-electron chi connectivity index (χ1n) is 7.76. The zero-order valence-corrected chi connectivity index (χ0v) is 13.6. The molecule has 2 aromatic carbocycles. The number of nitrogens with two attached hydrogens (primary N) is 1. The van der Waals surface area contributed by atoms with E-state index in [1.54, 1.807) is 14.0 Å². The number of carbonyl (C=O) groups excluding carboxylic acids is 1. The van der Waals surface area contributed by atoms with Gasteiger partial charge < -0.3 is 15.2 Å². The summed E-state index contributed by atoms with van der Waals surface area (Å²) in [6.45, 7) is 2.16. The Morgan fingerprint density at radius 2 is 1.96 bits per heavy atom. The zero-order chi connectivity index (χ0) is 16.7. The van der Waals surface area contributed by atoms with E-state index in [0.29, 0.717) is 6.61 Å². The normalized spacial score (nSPS) is 11.8. The smallest absolute Gasteiger partial charge is 0.307 e. The van der Waals surface area contributed by atoms with E-state index >= 15 is 0 Å². The molecule has 1 atom stereocenters. The Labute approximate surface area is 137 Å². The maximum atomic E-state index is 11.6. The zero-order valence-electron chi connectivity index (χ0n) is 13.6. The highest BCUT2D eigenvalue weighted by Gasteiger charge is 2.13. The first-order valence-corrected chi connectivity index (χ1v) is 7.76. The largest absolute Gasteiger partial charge is 0.496 e. The quantitative estimate of drug-likeness (QED) is 0.797. The molecule has 0 saturated heterocycles. The second-order valence-electron chi connectivity index (χ2n) is 5.35. The van der Waals surface area contributed by atoms with Crippen LogP contribution in [0.4, 0.5) is 0 Å². The van der Waals surface area contributed by atoms with Crippen LogP contribution >= 0.6 is 0 Å². The van der Waals surface area contributed by atoms with Crippen LogP contribution < -0.4 is 10.5 Å². The standard InChI is InChI=1S/C19H23NO3/c1-3-23-19(21)13-17(20)15-9-6-7-14(11-15)12-16-8-4-5-10-18(16)22-2/h4-11,17H,3,12-13,20H2,1-2H3/t17-/m0/s1. The van der Waals surface area contributed by atoms with Gasteiger partial charge in [-0.3, -0.25) is 4.79 Å². The maximum Gasteiger partial charge on any atom is 0.307 e. The van der Waals surface area contributed by atoms with Gasteiger partial charge in [-0.15, -0.1) is 0 Å². The van der Waals surface area contributed by atoms with Crippen molar-refractivity contribution in [1.82, 2.24) is 0 Å². The molecule has 0 amide bonds. The molecule has 23 heavy (non-hydrogen) atoms. The number of methoxy groups -OCH3 is 1. The molecule has 4 nitrogen and oxygen atoms in total. The third-order valence-corrected chi connectivity index (χ3v) is 3.66. The van der Waals surface area contributed by atoms with Gasteiger partial charge in [0.05, 0.1) is 20.1 Å². The minimum atomic E-state index is -0.355. The van der Waals surface area contributed by atoms with Crippen molar-refractivity contribution in [1.29, 1.82) is 0 Å². The molecule has 2 N–H and O–H groups in total. The summed E-state index contributed by atoms with van der Waals surface area (Å²) in [6, 6.07) is 15.6. The van der Waals surface area contributed by atoms with E-state index in [4.69, 9.17) is 15.2 Å². The van der Waals surface area contributed by atoms with Crippen LogP contribution in [0, 0.1) is 0 Å². The van der Waals surface area contributed by atoms with Crippen molar-refractivity contribution >= 4 is 5.97 Å². The molecular formula is C19H23NO3. The van der Waals surface area contributed by atoms with E-state index in [9.17, 15) is 4.79 Å². The molecule has 0 radical (unpaired) electrons. The Morgan fingerprint density at radius 1 is 1.17 bits per heavy atom. The molecule has 0 bridgehead atoms. The molecule has 2 rings (SSSR count). The summed E-state index contributed by atoms with van der Waals surface area (Å²) in [5, 5.41) is 0. The first-order chi connectivity index (χ1) is 11.1. The molecule has 0 heterocycles. The summed E-state index contributed by atoms with van der Waals surface area (Å²) in [6.07, 6.45) is 0.940. The van der Waals surface area contributed by atoms with Gasteiger partial charge in [-0.2, -0.15) is 0 Å². The van der Waals surface area contributed by atoms with Crippen molar-refractivity contribution < 1.29 is 14.3 Å². The highest BCUT2D eigenvalue weighted by atomic mass is 16.5. The summed E-state index contributed by atoms with van der Waals surface area (Å²) in [5.41, 5.74) is 9.30. The minimum absolute atomic E-state index is 0.186. The number of hydrogen-bond donors (Lipinski definition) is 1. The molecule has 0 saturated carbocycles. The van der Waals surface area contributed by atoms with Crippen LogP contribution in [-0.2, 0) is 16.0 Å². The van der Waals surface area contributed by atoms with Gasteiger partial charge in [0.2, 0.25) is 0 Å². The molecule has 2 aromatic rings. The van der Waals surface area contributed by atoms with E-state index in [2.05, 4.69) is 0 Å². The van der Waals surface area contributed by atoms with Gasteiger partial charge in [0, 0.05) is 12.5 Å². The number of para-hydroxylation sites is 1. The Morgan fingerprint density at radius 3 is 2.70 bits per heavy atom. The Bertz CT molecular complexity index is 655. The molecular weight excluding hydrogens is 290 g/mol. The van der Waals surface area contributed by atoms with Gasteiger partial charge in [0.25, 0.3) is 0 Å². The number of esters is 1. The highest BCUT2D eigenvalue weighted by molar-refractivity contribution is 5.70. The van der Waals surface area contributed by atoms with Gasteiger partial charge in [0.1, 0.15) is 5.75 Å². The third kappa shape index (κ3) is 4.83. The van der Waals surface area contributed by atoms with Gasteiger partial charge in [-0.25, -0.2) is 0 Å². The lowest BCUT2D eigenvalue weighted by atomic mass is 9.98. The molecule has 0 aliphatic rings. The van der Waals surface area contributed by atoms with Crippen molar-refractivity contribution in [3.8, 4) is 5.75 Å². The molecule has 0 unspecified atom stereocenters. The Hall–Kier alpha value is -2.33. The fourth-order valence-electron chi connectivity index (χ4n) is 2.52. The SMILES string of the molecule is CCOC(=O)C[C@H](N)c1cccc(Cc2ccccc2OC)c1. The molecule has 4 heteroatoms. The Kier molecular flexibility index (Phi) is 6.18. The molecule has 0 fully saturated rings. The first kappa shape index (κ1) is 17.0.